The van der Waals surface area contributed by atoms with Gasteiger partial charge >= 0.3 is 13.8 Å². The molecule has 14 nitrogen and oxygen atoms in total. The molecule has 0 radical (unpaired) electrons. The molecule has 4 rings (SSSR count). The highest BCUT2D eigenvalue weighted by molar-refractivity contribution is 7.43. The second-order valence-electron chi connectivity index (χ2n) is 21.6. The molecule has 0 aromatic heterocycles. The number of piperidine rings is 1. The molecule has 0 aromatic rings. The van der Waals surface area contributed by atoms with E-state index in [9.17, 15) is 38.8 Å². The first kappa shape index (κ1) is 60.3. The minimum Gasteiger partial charge on any atom is -0.460 e. The van der Waals surface area contributed by atoms with Crippen LogP contribution < -0.4 is 0 Å². The number of methoxy groups -OCH3 is 3. The van der Waals surface area contributed by atoms with Crippen LogP contribution in [0.25, 0.3) is 0 Å². The van der Waals surface area contributed by atoms with Crippen LogP contribution in [0, 0.1) is 41.4 Å². The van der Waals surface area contributed by atoms with Crippen LogP contribution >= 0.6 is 7.80 Å². The van der Waals surface area contributed by atoms with Crippen molar-refractivity contribution in [2.75, 3.05) is 40.7 Å². The van der Waals surface area contributed by atoms with Crippen molar-refractivity contribution < 1.29 is 62.4 Å². The lowest BCUT2D eigenvalue weighted by Crippen LogP contribution is -2.61. The highest BCUT2D eigenvalue weighted by Gasteiger charge is 2.53. The molecule has 1 aliphatic carbocycles. The molecule has 2 N–H and O–H groups in total. The van der Waals surface area contributed by atoms with Crippen LogP contribution in [0.1, 0.15) is 145 Å². The highest BCUT2D eigenvalue weighted by Crippen LogP contribution is 2.40. The number of rotatable bonds is 11. The van der Waals surface area contributed by atoms with Crippen LogP contribution in [0.3, 0.4) is 0 Å². The van der Waals surface area contributed by atoms with E-state index in [1.807, 2.05) is 58.1 Å². The van der Waals surface area contributed by atoms with Gasteiger partial charge in [0.15, 0.2) is 5.78 Å². The van der Waals surface area contributed by atoms with Crippen LogP contribution in [-0.4, -0.2) is 133 Å². The Hall–Kier alpha value is -3.23. The molecule has 0 spiro atoms. The third kappa shape index (κ3) is 17.2. The summed E-state index contributed by atoms with van der Waals surface area (Å²) in [7, 11) is 3.55. The average Bonchev–Trinajstić information content (AvgIpc) is 3.34. The Labute approximate surface area is 425 Å². The molecular formula is C56H89NO13P+. The number of aliphatic hydroxyl groups excluding tert-OH is 1. The number of unbranched alkanes of at least 4 members (excludes halogenated alkanes) is 1. The number of fused-ring (bicyclic) bond motifs is 3. The van der Waals surface area contributed by atoms with E-state index in [1.54, 1.807) is 47.7 Å². The molecule has 71 heavy (non-hydrogen) atoms. The van der Waals surface area contributed by atoms with Gasteiger partial charge in [0.05, 0.1) is 18.3 Å². The van der Waals surface area contributed by atoms with Crippen molar-refractivity contribution >= 4 is 37.0 Å². The van der Waals surface area contributed by atoms with E-state index >= 15 is 0 Å². The maximum atomic E-state index is 14.5. The van der Waals surface area contributed by atoms with Crippen LogP contribution in [0.4, 0.5) is 0 Å². The van der Waals surface area contributed by atoms with Crippen LogP contribution in [-0.2, 0) is 52.2 Å². The minimum absolute atomic E-state index is 0.0201. The SMILES string of the molecule is CO[C@H]1C[C@@H]2CC[C@@H](C)[C@@](O)(O2)C(=O)C(=O)N2CCCC[C@H]2C(=O)OC([C@H](C)CC2CCC(CCCC[P+](C)=O)[C@H](OC)C2)CC(=O)[C@H](C)/C=C(\C)[C@@H](O)[C@@H](OC)C(=O)[C@H](C)C[C@H](C)/C=C/C=CC=C1C. The molecule has 3 aliphatic heterocycles. The zero-order chi connectivity index (χ0) is 52.6. The zero-order valence-corrected chi connectivity index (χ0v) is 45.7. The molecule has 0 aromatic carbocycles. The summed E-state index contributed by atoms with van der Waals surface area (Å²) in [6, 6.07) is -1.13. The molecule has 16 atom stereocenters. The van der Waals surface area contributed by atoms with Crippen molar-refractivity contribution in [2.24, 2.45) is 41.4 Å². The van der Waals surface area contributed by atoms with E-state index in [1.165, 1.54) is 12.0 Å². The number of carbonyl (C=O) groups excluding carboxylic acids is 5. The van der Waals surface area contributed by atoms with Crippen molar-refractivity contribution in [3.8, 4) is 0 Å². The van der Waals surface area contributed by atoms with Crippen LogP contribution in [0.2, 0.25) is 0 Å². The summed E-state index contributed by atoms with van der Waals surface area (Å²) < 4.78 is 41.7. The lowest BCUT2D eigenvalue weighted by Gasteiger charge is -2.42. The topological polar surface area (TPSA) is 192 Å². The molecule has 4 unspecified atom stereocenters. The Morgan fingerprint density at radius 2 is 1.61 bits per heavy atom. The first-order chi connectivity index (χ1) is 33.6. The number of hydrogen-bond acceptors (Lipinski definition) is 13. The van der Waals surface area contributed by atoms with E-state index < -0.39 is 85.6 Å². The first-order valence-electron chi connectivity index (χ1n) is 26.5. The van der Waals surface area contributed by atoms with E-state index in [-0.39, 0.29) is 54.8 Å². The fraction of sp³-hybridized carbons (Fsp3) is 0.768. The molecule has 1 saturated carbocycles. The summed E-state index contributed by atoms with van der Waals surface area (Å²) >= 11 is 0. The number of esters is 1. The second-order valence-corrected chi connectivity index (χ2v) is 23.3. The molecular weight excluding hydrogens is 926 g/mol. The number of hydrogen-bond donors (Lipinski definition) is 2. The predicted octanol–water partition coefficient (Wildman–Crippen LogP) is 9.06. The highest BCUT2D eigenvalue weighted by atomic mass is 31.1. The van der Waals surface area contributed by atoms with E-state index in [4.69, 9.17) is 23.7 Å². The molecule has 400 valence electrons. The monoisotopic (exact) mass is 1010 g/mol. The second kappa shape index (κ2) is 29.0. The van der Waals surface area contributed by atoms with Gasteiger partial charge in [-0.1, -0.05) is 75.6 Å². The third-order valence-electron chi connectivity index (χ3n) is 15.9. The Bertz CT molecular complexity index is 1930. The zero-order valence-electron chi connectivity index (χ0n) is 44.8. The quantitative estimate of drug-likeness (QED) is 0.0656. The number of amides is 1. The van der Waals surface area contributed by atoms with Gasteiger partial charge in [-0.3, -0.25) is 19.2 Å². The summed E-state index contributed by atoms with van der Waals surface area (Å²) in [4.78, 5) is 72.5. The lowest BCUT2D eigenvalue weighted by molar-refractivity contribution is -0.265. The third-order valence-corrected chi connectivity index (χ3v) is 16.9. The minimum atomic E-state index is -2.43. The van der Waals surface area contributed by atoms with E-state index in [0.717, 1.165) is 50.3 Å². The number of ether oxygens (including phenoxy) is 5. The number of ketones is 3. The largest absolute Gasteiger partial charge is 0.460 e. The van der Waals surface area contributed by atoms with Crippen molar-refractivity contribution in [1.29, 1.82) is 0 Å². The van der Waals surface area contributed by atoms with Gasteiger partial charge in [0.1, 0.15) is 43.0 Å². The molecule has 4 aliphatic rings. The van der Waals surface area contributed by atoms with E-state index in [0.29, 0.717) is 56.4 Å². The molecule has 2 saturated heterocycles. The van der Waals surface area contributed by atoms with E-state index in [2.05, 4.69) is 0 Å². The number of cyclic esters (lactones) is 1. The van der Waals surface area contributed by atoms with Crippen molar-refractivity contribution in [2.45, 2.75) is 193 Å². The summed E-state index contributed by atoms with van der Waals surface area (Å²) in [5, 5.41) is 23.5. The number of aliphatic hydroxyl groups is 2. The number of carbonyl (C=O) groups is 5. The summed E-state index contributed by atoms with van der Waals surface area (Å²) in [6.45, 7) is 14.7. The number of Topliss-reactive ketones (excluding diaryl/α,β-unsaturated/α-hetero) is 3. The van der Waals surface area contributed by atoms with Gasteiger partial charge < -0.3 is 38.8 Å². The van der Waals surface area contributed by atoms with Gasteiger partial charge in [-0.05, 0) is 132 Å². The fourth-order valence-corrected chi connectivity index (χ4v) is 12.0. The molecule has 2 bridgehead atoms. The summed E-state index contributed by atoms with van der Waals surface area (Å²) in [6.07, 6.45) is 16.9. The smallest absolute Gasteiger partial charge is 0.335 e. The predicted molar refractivity (Wildman–Crippen MR) is 275 cm³/mol. The molecule has 1 amide bonds. The molecule has 3 fully saturated rings. The Balaban J connectivity index is 1.68. The van der Waals surface area contributed by atoms with Gasteiger partial charge in [0.25, 0.3) is 11.7 Å². The van der Waals surface area contributed by atoms with Gasteiger partial charge in [-0.25, -0.2) is 4.79 Å². The van der Waals surface area contributed by atoms with Gasteiger partial charge in [-0.15, -0.1) is 0 Å². The first-order valence-corrected chi connectivity index (χ1v) is 28.4. The van der Waals surface area contributed by atoms with Crippen molar-refractivity contribution in [1.82, 2.24) is 4.90 Å². The van der Waals surface area contributed by atoms with Crippen molar-refractivity contribution in [3.63, 3.8) is 0 Å². The Morgan fingerprint density at radius 1 is 0.873 bits per heavy atom. The van der Waals surface area contributed by atoms with Crippen LogP contribution in [0.15, 0.2) is 47.6 Å². The summed E-state index contributed by atoms with van der Waals surface area (Å²) in [5.74, 6) is -7.32. The standard InChI is InChI=1S/C56H89NO13P/c1-35-19-13-12-14-20-36(2)47(66-8)33-44-26-23-41(7)56(64,70-44)53(61)54(62)57-27-17-15-22-45(57)55(63)69-48(34-46(58)37(3)30-40(6)51(60)52(68-10)50(59)39(5)29-35)38(4)31-42-24-25-43(49(32-42)67-9)21-16-18-28-71(11)65/h12-14,19-20,30,35,37-39,41-45,47-49,51-52,60,64H,15-18,21-29,31-34H2,1-11H3/q+1/b14-12?,19-13+,36-20?,40-30+/t35-,37-,38-,39-,41-,42?,43?,44+,45+,47+,48?,49-,51-,52+,56-/m1/s1. The fourth-order valence-electron chi connectivity index (χ4n) is 11.3. The van der Waals surface area contributed by atoms with Crippen molar-refractivity contribution in [3.05, 3.63) is 47.6 Å². The normalized spacial score (nSPS) is 37.0. The maximum absolute atomic E-state index is 14.5. The molecule has 15 heteroatoms. The molecule has 3 heterocycles. The maximum Gasteiger partial charge on any atom is 0.335 e. The number of allylic oxidation sites excluding steroid dienone is 6. The van der Waals surface area contributed by atoms with Gasteiger partial charge in [-0.2, -0.15) is 0 Å². The lowest BCUT2D eigenvalue weighted by atomic mass is 9.74. The Kier molecular flexibility index (Phi) is 24.7. The summed E-state index contributed by atoms with van der Waals surface area (Å²) in [5.41, 5.74) is 1.28. The average molecular weight is 1020 g/mol. The number of nitrogens with zero attached hydrogens (tertiary/aromatic N) is 1. The van der Waals surface area contributed by atoms with Gasteiger partial charge in [0, 0.05) is 58.5 Å². The van der Waals surface area contributed by atoms with Gasteiger partial charge in [0.2, 0.25) is 5.79 Å². The Morgan fingerprint density at radius 3 is 2.28 bits per heavy atom. The van der Waals surface area contributed by atoms with Crippen LogP contribution in [0.5, 0.6) is 0 Å².